The quantitative estimate of drug-likeness (QED) is 0.705. The number of rotatable bonds is 0. The minimum atomic E-state index is -0.995. The number of nitrogens with zero attached hydrogens (tertiary/aromatic N) is 1. The van der Waals surface area contributed by atoms with Gasteiger partial charge in [-0.05, 0) is 6.07 Å². The van der Waals surface area contributed by atoms with E-state index in [2.05, 4.69) is 5.32 Å². The summed E-state index contributed by atoms with van der Waals surface area (Å²) in [4.78, 5) is 13.1. The van der Waals surface area contributed by atoms with Crippen LogP contribution in [0.15, 0.2) is 24.3 Å². The lowest BCUT2D eigenvalue weighted by Gasteiger charge is -2.27. The van der Waals surface area contributed by atoms with Crippen LogP contribution in [0.3, 0.4) is 0 Å². The lowest BCUT2D eigenvalue weighted by molar-refractivity contribution is 0.0190. The third-order valence-electron chi connectivity index (χ3n) is 3.59. The number of para-hydroxylation sites is 1. The average Bonchev–Trinajstić information content (AvgIpc) is 2.81. The number of fused-ring (bicyclic) bond motifs is 3. The summed E-state index contributed by atoms with van der Waals surface area (Å²) in [5.41, 5.74) is 0.745. The molecule has 0 spiro atoms. The number of nitrogens with one attached hydrogen (secondary N) is 1. The summed E-state index contributed by atoms with van der Waals surface area (Å²) < 4.78 is 4.72. The molecule has 0 bridgehead atoms. The number of aliphatic hydroxyl groups is 1. The number of anilines is 1. The molecule has 1 aromatic rings. The lowest BCUT2D eigenvalue weighted by atomic mass is 9.93. The number of ether oxygens (including phenoxy) is 1. The van der Waals surface area contributed by atoms with Crippen molar-refractivity contribution in [1.29, 1.82) is 0 Å². The topological polar surface area (TPSA) is 61.8 Å². The Labute approximate surface area is 99.0 Å². The van der Waals surface area contributed by atoms with Crippen LogP contribution < -0.4 is 5.32 Å². The molecule has 90 valence electrons. The fraction of sp³-hybridized carbons (Fsp3) is 0.417. The maximum Gasteiger partial charge on any atom is 0.411 e. The van der Waals surface area contributed by atoms with Crippen LogP contribution in [0, 0.1) is 0 Å². The van der Waals surface area contributed by atoms with Crippen LogP contribution in [0.2, 0.25) is 0 Å². The average molecular weight is 234 g/mol. The van der Waals surface area contributed by atoms with Gasteiger partial charge in [0.1, 0.15) is 11.8 Å². The molecule has 1 amide bonds. The fourth-order valence-corrected chi connectivity index (χ4v) is 2.74. The predicted molar refractivity (Wildman–Crippen MR) is 61.5 cm³/mol. The molecule has 2 heterocycles. The number of hydrogen-bond donors (Lipinski definition) is 2. The fourth-order valence-electron chi connectivity index (χ4n) is 2.74. The monoisotopic (exact) mass is 234 g/mol. The molecule has 2 aliphatic heterocycles. The zero-order chi connectivity index (χ0) is 12.0. The van der Waals surface area contributed by atoms with Gasteiger partial charge in [-0.1, -0.05) is 18.2 Å². The minimum absolute atomic E-state index is 0.411. The van der Waals surface area contributed by atoms with Gasteiger partial charge in [0.15, 0.2) is 0 Å². The van der Waals surface area contributed by atoms with Crippen molar-refractivity contribution in [3.05, 3.63) is 29.8 Å². The van der Waals surface area contributed by atoms with Gasteiger partial charge in [0, 0.05) is 24.2 Å². The first kappa shape index (κ1) is 10.4. The summed E-state index contributed by atoms with van der Waals surface area (Å²) in [7, 11) is 1.35. The van der Waals surface area contributed by atoms with E-state index < -0.39 is 17.9 Å². The maximum atomic E-state index is 11.6. The van der Waals surface area contributed by atoms with Crippen LogP contribution in [-0.2, 0) is 10.3 Å². The van der Waals surface area contributed by atoms with E-state index in [0.29, 0.717) is 13.0 Å². The van der Waals surface area contributed by atoms with Gasteiger partial charge in [0.25, 0.3) is 0 Å². The third kappa shape index (κ3) is 1.26. The molecule has 1 saturated heterocycles. The van der Waals surface area contributed by atoms with Crippen molar-refractivity contribution in [3.63, 3.8) is 0 Å². The lowest BCUT2D eigenvalue weighted by Crippen LogP contribution is -2.46. The first-order valence-electron chi connectivity index (χ1n) is 5.60. The largest absolute Gasteiger partial charge is 0.453 e. The smallest absolute Gasteiger partial charge is 0.411 e. The van der Waals surface area contributed by atoms with Crippen LogP contribution in [0.25, 0.3) is 0 Å². The molecule has 2 aliphatic rings. The molecular formula is C12H14N2O3. The predicted octanol–water partition coefficient (Wildman–Crippen LogP) is 1.10. The van der Waals surface area contributed by atoms with Gasteiger partial charge in [-0.2, -0.15) is 0 Å². The van der Waals surface area contributed by atoms with E-state index in [1.165, 1.54) is 12.0 Å². The van der Waals surface area contributed by atoms with Crippen LogP contribution in [0.4, 0.5) is 10.5 Å². The van der Waals surface area contributed by atoms with Crippen LogP contribution in [0.1, 0.15) is 12.0 Å². The molecule has 2 atom stereocenters. The molecule has 3 rings (SSSR count). The number of amides is 1. The van der Waals surface area contributed by atoms with Gasteiger partial charge in [-0.3, -0.25) is 4.90 Å². The van der Waals surface area contributed by atoms with E-state index in [0.717, 1.165) is 11.3 Å². The first-order chi connectivity index (χ1) is 8.16. The number of hydrogen-bond acceptors (Lipinski definition) is 4. The highest BCUT2D eigenvalue weighted by Gasteiger charge is 2.54. The molecule has 5 heteroatoms. The zero-order valence-electron chi connectivity index (χ0n) is 9.51. The first-order valence-corrected chi connectivity index (χ1v) is 5.60. The molecular weight excluding hydrogens is 220 g/mol. The van der Waals surface area contributed by atoms with E-state index in [1.807, 2.05) is 24.3 Å². The second-order valence-electron chi connectivity index (χ2n) is 4.43. The summed E-state index contributed by atoms with van der Waals surface area (Å²) in [6.07, 6.45) is -0.310. The van der Waals surface area contributed by atoms with Crippen molar-refractivity contribution in [1.82, 2.24) is 4.90 Å². The highest BCUT2D eigenvalue weighted by molar-refractivity contribution is 5.72. The van der Waals surface area contributed by atoms with Gasteiger partial charge in [-0.25, -0.2) is 4.79 Å². The minimum Gasteiger partial charge on any atom is -0.453 e. The molecule has 2 N–H and O–H groups in total. The number of carbonyl (C=O) groups is 1. The van der Waals surface area contributed by atoms with Crippen molar-refractivity contribution in [2.24, 2.45) is 0 Å². The molecule has 0 aromatic heterocycles. The number of methoxy groups -OCH3 is 1. The second-order valence-corrected chi connectivity index (χ2v) is 4.43. The standard InChI is InChI=1S/C12H14N2O3/c1-17-11(15)14-7-6-12(16)8-4-2-3-5-9(8)13-10(12)14/h2-5,10,13,16H,6-7H2,1H3. The van der Waals surface area contributed by atoms with E-state index in [4.69, 9.17) is 4.74 Å². The summed E-state index contributed by atoms with van der Waals surface area (Å²) in [6, 6.07) is 7.59. The second kappa shape index (κ2) is 3.37. The highest BCUT2D eigenvalue weighted by atomic mass is 16.5. The molecule has 1 aromatic carbocycles. The van der Waals surface area contributed by atoms with Crippen molar-refractivity contribution >= 4 is 11.8 Å². The summed E-state index contributed by atoms with van der Waals surface area (Å²) in [5, 5.41) is 13.9. The Morgan fingerprint density at radius 1 is 1.59 bits per heavy atom. The van der Waals surface area contributed by atoms with Gasteiger partial charge >= 0.3 is 6.09 Å². The van der Waals surface area contributed by atoms with Crippen LogP contribution in [-0.4, -0.2) is 35.9 Å². The Bertz CT molecular complexity index is 477. The van der Waals surface area contributed by atoms with Gasteiger partial charge in [0.2, 0.25) is 0 Å². The Hall–Kier alpha value is -1.75. The Balaban J connectivity index is 2.00. The third-order valence-corrected chi connectivity index (χ3v) is 3.59. The molecule has 17 heavy (non-hydrogen) atoms. The van der Waals surface area contributed by atoms with Gasteiger partial charge in [-0.15, -0.1) is 0 Å². The number of carbonyl (C=O) groups excluding carboxylic acids is 1. The molecule has 0 aliphatic carbocycles. The maximum absolute atomic E-state index is 11.6. The summed E-state index contributed by atoms with van der Waals surface area (Å²) in [5.74, 6) is 0. The number of benzene rings is 1. The molecule has 1 fully saturated rings. The van der Waals surface area contributed by atoms with Gasteiger partial charge in [0.05, 0.1) is 7.11 Å². The van der Waals surface area contributed by atoms with Crippen molar-refractivity contribution in [2.45, 2.75) is 18.2 Å². The van der Waals surface area contributed by atoms with Crippen LogP contribution >= 0.6 is 0 Å². The SMILES string of the molecule is COC(=O)N1CCC2(O)c3ccccc3NC12. The van der Waals surface area contributed by atoms with E-state index in [1.54, 1.807) is 0 Å². The highest BCUT2D eigenvalue weighted by Crippen LogP contribution is 2.46. The van der Waals surface area contributed by atoms with E-state index in [-0.39, 0.29) is 0 Å². The summed E-state index contributed by atoms with van der Waals surface area (Å²) in [6.45, 7) is 0.495. The molecule has 0 radical (unpaired) electrons. The van der Waals surface area contributed by atoms with Crippen molar-refractivity contribution in [2.75, 3.05) is 19.0 Å². The Kier molecular flexibility index (Phi) is 2.06. The summed E-state index contributed by atoms with van der Waals surface area (Å²) >= 11 is 0. The normalized spacial score (nSPS) is 29.5. The van der Waals surface area contributed by atoms with Gasteiger partial charge < -0.3 is 15.2 Å². The zero-order valence-corrected chi connectivity index (χ0v) is 9.51. The van der Waals surface area contributed by atoms with Crippen LogP contribution in [0.5, 0.6) is 0 Å². The van der Waals surface area contributed by atoms with E-state index in [9.17, 15) is 9.90 Å². The number of likely N-dealkylation sites (tertiary alicyclic amines) is 1. The Morgan fingerprint density at radius 3 is 3.12 bits per heavy atom. The van der Waals surface area contributed by atoms with E-state index >= 15 is 0 Å². The Morgan fingerprint density at radius 2 is 2.35 bits per heavy atom. The van der Waals surface area contributed by atoms with Crippen molar-refractivity contribution in [3.8, 4) is 0 Å². The molecule has 5 nitrogen and oxygen atoms in total. The van der Waals surface area contributed by atoms with Crippen molar-refractivity contribution < 1.29 is 14.6 Å². The molecule has 0 saturated carbocycles. The molecule has 2 unspecified atom stereocenters.